The zero-order chi connectivity index (χ0) is 11.4. The summed E-state index contributed by atoms with van der Waals surface area (Å²) in [4.78, 5) is 15.7. The fourth-order valence-electron chi connectivity index (χ4n) is 1.26. The number of anilines is 1. The highest BCUT2D eigenvalue weighted by Gasteiger charge is 2.06. The molecule has 16 heavy (non-hydrogen) atoms. The Hall–Kier alpha value is -1.68. The van der Waals surface area contributed by atoms with Gasteiger partial charge in [0.1, 0.15) is 0 Å². The van der Waals surface area contributed by atoms with Crippen LogP contribution < -0.4 is 5.32 Å². The lowest BCUT2D eigenvalue weighted by Crippen LogP contribution is -2.11. The highest BCUT2D eigenvalue weighted by atomic mass is 79.9. The maximum Gasteiger partial charge on any atom is 0.255 e. The van der Waals surface area contributed by atoms with E-state index in [1.165, 1.54) is 0 Å². The minimum atomic E-state index is -0.132. The Labute approximate surface area is 102 Å². The van der Waals surface area contributed by atoms with Crippen molar-refractivity contribution in [2.24, 2.45) is 0 Å². The fourth-order valence-corrected chi connectivity index (χ4v) is 1.61. The summed E-state index contributed by atoms with van der Waals surface area (Å²) in [6.45, 7) is 0. The summed E-state index contributed by atoms with van der Waals surface area (Å²) in [6.07, 6.45) is 3.27. The number of benzene rings is 1. The van der Waals surface area contributed by atoms with Gasteiger partial charge < -0.3 is 5.32 Å². The maximum atomic E-state index is 11.8. The molecule has 0 saturated carbocycles. The number of halogens is 1. The van der Waals surface area contributed by atoms with Gasteiger partial charge in [-0.15, -0.1) is 0 Å². The number of amides is 1. The Balaban J connectivity index is 2.18. The molecule has 1 aromatic carbocycles. The zero-order valence-corrected chi connectivity index (χ0v) is 9.94. The number of hydrogen-bond donors (Lipinski definition) is 1. The van der Waals surface area contributed by atoms with Crippen LogP contribution in [0.3, 0.4) is 0 Å². The van der Waals surface area contributed by atoms with Crippen molar-refractivity contribution in [3.05, 3.63) is 58.8 Å². The van der Waals surface area contributed by atoms with E-state index in [1.54, 1.807) is 30.6 Å². The first-order chi connectivity index (χ1) is 7.77. The van der Waals surface area contributed by atoms with E-state index in [0.29, 0.717) is 11.3 Å². The van der Waals surface area contributed by atoms with Crippen LogP contribution in [0.2, 0.25) is 0 Å². The first-order valence-electron chi connectivity index (χ1n) is 4.73. The molecule has 3 nitrogen and oxygen atoms in total. The number of aromatic nitrogens is 1. The molecule has 1 amide bonds. The van der Waals surface area contributed by atoms with E-state index in [1.807, 2.05) is 18.2 Å². The molecule has 1 N–H and O–H groups in total. The molecule has 1 aromatic heterocycles. The highest BCUT2D eigenvalue weighted by molar-refractivity contribution is 9.10. The molecule has 2 rings (SSSR count). The van der Waals surface area contributed by atoms with Gasteiger partial charge in [-0.1, -0.05) is 18.2 Å². The number of hydrogen-bond acceptors (Lipinski definition) is 2. The summed E-state index contributed by atoms with van der Waals surface area (Å²) in [5, 5.41) is 2.80. The standard InChI is InChI=1S/C12H9BrN2O/c13-10-8-14-7-6-11(10)15-12(16)9-4-2-1-3-5-9/h1-8H,(H,14,15,16). The predicted octanol–water partition coefficient (Wildman–Crippen LogP) is 3.10. The first-order valence-corrected chi connectivity index (χ1v) is 5.52. The van der Waals surface area contributed by atoms with Crippen LogP contribution in [0.1, 0.15) is 10.4 Å². The van der Waals surface area contributed by atoms with Crippen molar-refractivity contribution in [3.8, 4) is 0 Å². The van der Waals surface area contributed by atoms with E-state index < -0.39 is 0 Å². The summed E-state index contributed by atoms with van der Waals surface area (Å²) >= 11 is 3.32. The van der Waals surface area contributed by atoms with Crippen LogP contribution in [0.4, 0.5) is 5.69 Å². The second-order valence-electron chi connectivity index (χ2n) is 3.18. The van der Waals surface area contributed by atoms with Crippen LogP contribution in [-0.4, -0.2) is 10.9 Å². The molecule has 0 aliphatic heterocycles. The van der Waals surface area contributed by atoms with Gasteiger partial charge in [0, 0.05) is 18.0 Å². The van der Waals surface area contributed by atoms with Gasteiger partial charge in [-0.2, -0.15) is 0 Å². The van der Waals surface area contributed by atoms with Crippen molar-refractivity contribution < 1.29 is 4.79 Å². The molecule has 0 spiro atoms. The number of pyridine rings is 1. The van der Waals surface area contributed by atoms with Crippen LogP contribution in [0.15, 0.2) is 53.3 Å². The van der Waals surface area contributed by atoms with Crippen molar-refractivity contribution in [3.63, 3.8) is 0 Å². The minimum absolute atomic E-state index is 0.132. The Kier molecular flexibility index (Phi) is 3.31. The molecule has 0 saturated heterocycles. The molecule has 0 fully saturated rings. The van der Waals surface area contributed by atoms with Crippen LogP contribution >= 0.6 is 15.9 Å². The number of carbonyl (C=O) groups is 1. The first kappa shape index (κ1) is 10.8. The van der Waals surface area contributed by atoms with Gasteiger partial charge in [-0.05, 0) is 34.1 Å². The number of rotatable bonds is 2. The molecule has 80 valence electrons. The Bertz CT molecular complexity index is 499. The summed E-state index contributed by atoms with van der Waals surface area (Å²) in [5.41, 5.74) is 1.34. The van der Waals surface area contributed by atoms with Crippen LogP contribution in [0, 0.1) is 0 Å². The van der Waals surface area contributed by atoms with Crippen molar-refractivity contribution in [2.75, 3.05) is 5.32 Å². The molecular weight excluding hydrogens is 268 g/mol. The monoisotopic (exact) mass is 276 g/mol. The Morgan fingerprint density at radius 3 is 2.62 bits per heavy atom. The van der Waals surface area contributed by atoms with Gasteiger partial charge in [-0.3, -0.25) is 9.78 Å². The molecule has 0 aliphatic rings. The summed E-state index contributed by atoms with van der Waals surface area (Å²) in [7, 11) is 0. The fraction of sp³-hybridized carbons (Fsp3) is 0. The summed E-state index contributed by atoms with van der Waals surface area (Å²) < 4.78 is 0.763. The number of nitrogens with one attached hydrogen (secondary N) is 1. The second-order valence-corrected chi connectivity index (χ2v) is 4.03. The largest absolute Gasteiger partial charge is 0.321 e. The van der Waals surface area contributed by atoms with Gasteiger partial charge >= 0.3 is 0 Å². The van der Waals surface area contributed by atoms with E-state index >= 15 is 0 Å². The van der Waals surface area contributed by atoms with E-state index in [-0.39, 0.29) is 5.91 Å². The van der Waals surface area contributed by atoms with Crippen LogP contribution in [-0.2, 0) is 0 Å². The van der Waals surface area contributed by atoms with E-state index in [4.69, 9.17) is 0 Å². The molecule has 0 unspecified atom stereocenters. The molecule has 0 radical (unpaired) electrons. The third kappa shape index (κ3) is 2.46. The van der Waals surface area contributed by atoms with Crippen molar-refractivity contribution >= 4 is 27.5 Å². The predicted molar refractivity (Wildman–Crippen MR) is 66.3 cm³/mol. The van der Waals surface area contributed by atoms with Crippen molar-refractivity contribution in [1.29, 1.82) is 0 Å². The van der Waals surface area contributed by atoms with Gasteiger partial charge in [-0.25, -0.2) is 0 Å². The zero-order valence-electron chi connectivity index (χ0n) is 8.35. The smallest absolute Gasteiger partial charge is 0.255 e. The molecular formula is C12H9BrN2O. The Morgan fingerprint density at radius 1 is 1.19 bits per heavy atom. The Morgan fingerprint density at radius 2 is 1.94 bits per heavy atom. The minimum Gasteiger partial charge on any atom is -0.321 e. The second kappa shape index (κ2) is 4.90. The quantitative estimate of drug-likeness (QED) is 0.916. The average molecular weight is 277 g/mol. The molecule has 2 aromatic rings. The molecule has 1 heterocycles. The third-order valence-electron chi connectivity index (χ3n) is 2.06. The summed E-state index contributed by atoms with van der Waals surface area (Å²) in [6, 6.07) is 10.8. The van der Waals surface area contributed by atoms with Gasteiger partial charge in [0.25, 0.3) is 5.91 Å². The van der Waals surface area contributed by atoms with E-state index in [9.17, 15) is 4.79 Å². The maximum absolute atomic E-state index is 11.8. The number of carbonyl (C=O) groups excluding carboxylic acids is 1. The van der Waals surface area contributed by atoms with Crippen molar-refractivity contribution in [1.82, 2.24) is 4.98 Å². The van der Waals surface area contributed by atoms with Crippen LogP contribution in [0.25, 0.3) is 0 Å². The van der Waals surface area contributed by atoms with E-state index in [2.05, 4.69) is 26.2 Å². The lowest BCUT2D eigenvalue weighted by atomic mass is 10.2. The topological polar surface area (TPSA) is 42.0 Å². The van der Waals surface area contributed by atoms with Gasteiger partial charge in [0.2, 0.25) is 0 Å². The third-order valence-corrected chi connectivity index (χ3v) is 2.69. The molecule has 0 atom stereocenters. The summed E-state index contributed by atoms with van der Waals surface area (Å²) in [5.74, 6) is -0.132. The highest BCUT2D eigenvalue weighted by Crippen LogP contribution is 2.20. The van der Waals surface area contributed by atoms with E-state index in [0.717, 1.165) is 4.47 Å². The molecule has 0 aliphatic carbocycles. The molecule has 4 heteroatoms. The lowest BCUT2D eigenvalue weighted by Gasteiger charge is -2.06. The van der Waals surface area contributed by atoms with Crippen molar-refractivity contribution in [2.45, 2.75) is 0 Å². The number of nitrogens with zero attached hydrogens (tertiary/aromatic N) is 1. The SMILES string of the molecule is O=C(Nc1ccncc1Br)c1ccccc1. The average Bonchev–Trinajstić information content (AvgIpc) is 2.33. The van der Waals surface area contributed by atoms with Gasteiger partial charge in [0.15, 0.2) is 0 Å². The van der Waals surface area contributed by atoms with Gasteiger partial charge in [0.05, 0.1) is 10.2 Å². The normalized spacial score (nSPS) is 9.81. The lowest BCUT2D eigenvalue weighted by molar-refractivity contribution is 0.102. The van der Waals surface area contributed by atoms with Crippen LogP contribution in [0.5, 0.6) is 0 Å². The molecule has 0 bridgehead atoms.